The van der Waals surface area contributed by atoms with Gasteiger partial charge in [0.15, 0.2) is 6.29 Å². The monoisotopic (exact) mass is 363 g/mol. The second kappa shape index (κ2) is 11.8. The molecule has 26 heavy (non-hydrogen) atoms. The number of unbranched alkanes of at least 4 members (excludes halogenated alkanes) is 1. The summed E-state index contributed by atoms with van der Waals surface area (Å²) in [7, 11) is 1.41. The van der Waals surface area contributed by atoms with E-state index in [9.17, 15) is 4.79 Å². The van der Waals surface area contributed by atoms with Crippen LogP contribution in [0, 0.1) is 5.92 Å². The fourth-order valence-corrected chi connectivity index (χ4v) is 2.78. The third-order valence-corrected chi connectivity index (χ3v) is 4.28. The lowest BCUT2D eigenvalue weighted by atomic mass is 9.98. The van der Waals surface area contributed by atoms with Crippen LogP contribution in [-0.4, -0.2) is 43.7 Å². The van der Waals surface area contributed by atoms with Crippen molar-refractivity contribution in [2.75, 3.05) is 20.3 Å². The van der Waals surface area contributed by atoms with Gasteiger partial charge in [0.2, 0.25) is 0 Å². The molecule has 1 aromatic rings. The van der Waals surface area contributed by atoms with Gasteiger partial charge in [0, 0.05) is 18.5 Å². The number of pyridine rings is 1. The molecule has 0 N–H and O–H groups in total. The number of ether oxygens (including phenoxy) is 4. The molecule has 6 nitrogen and oxygen atoms in total. The van der Waals surface area contributed by atoms with Crippen molar-refractivity contribution >= 4 is 5.97 Å². The number of hydrogen-bond donors (Lipinski definition) is 0. The fourth-order valence-electron chi connectivity index (χ4n) is 2.78. The molecule has 1 aromatic heterocycles. The highest BCUT2D eigenvalue weighted by Crippen LogP contribution is 2.23. The van der Waals surface area contributed by atoms with Crippen LogP contribution in [0.3, 0.4) is 0 Å². The van der Waals surface area contributed by atoms with Crippen molar-refractivity contribution in [2.45, 2.75) is 51.6 Å². The number of methoxy groups -OCH3 is 1. The van der Waals surface area contributed by atoms with Crippen molar-refractivity contribution in [3.63, 3.8) is 0 Å². The second-order valence-electron chi connectivity index (χ2n) is 6.35. The minimum atomic E-state index is -0.210. The van der Waals surface area contributed by atoms with Gasteiger partial charge in [-0.15, -0.1) is 0 Å². The SMILES string of the molecule is COC(=O)CCCC=CC[C@H]1CO[C@@H](C)O[C@H]1COCc1ccccn1. The van der Waals surface area contributed by atoms with Gasteiger partial charge in [0.25, 0.3) is 0 Å². The van der Waals surface area contributed by atoms with Crippen molar-refractivity contribution in [3.05, 3.63) is 42.2 Å². The Morgan fingerprint density at radius 3 is 3.04 bits per heavy atom. The maximum Gasteiger partial charge on any atom is 0.305 e. The van der Waals surface area contributed by atoms with Gasteiger partial charge >= 0.3 is 5.97 Å². The summed E-state index contributed by atoms with van der Waals surface area (Å²) < 4.78 is 22.0. The molecule has 0 radical (unpaired) electrons. The van der Waals surface area contributed by atoms with E-state index in [1.807, 2.05) is 25.1 Å². The average Bonchev–Trinajstić information content (AvgIpc) is 2.66. The Kier molecular flexibility index (Phi) is 9.31. The van der Waals surface area contributed by atoms with Crippen molar-refractivity contribution in [1.29, 1.82) is 0 Å². The second-order valence-corrected chi connectivity index (χ2v) is 6.35. The molecule has 1 aliphatic rings. The Bertz CT molecular complexity index is 548. The molecule has 0 saturated carbocycles. The zero-order valence-corrected chi connectivity index (χ0v) is 15.6. The third-order valence-electron chi connectivity index (χ3n) is 4.28. The molecular weight excluding hydrogens is 334 g/mol. The minimum Gasteiger partial charge on any atom is -0.469 e. The van der Waals surface area contributed by atoms with E-state index in [1.54, 1.807) is 6.20 Å². The van der Waals surface area contributed by atoms with E-state index in [0.717, 1.165) is 25.0 Å². The number of rotatable bonds is 10. The van der Waals surface area contributed by atoms with Crippen LogP contribution in [0.15, 0.2) is 36.5 Å². The van der Waals surface area contributed by atoms with E-state index in [0.29, 0.717) is 26.2 Å². The first kappa shape index (κ1) is 20.6. The first-order valence-corrected chi connectivity index (χ1v) is 9.15. The molecular formula is C20H29NO5. The van der Waals surface area contributed by atoms with Gasteiger partial charge < -0.3 is 18.9 Å². The Labute approximate surface area is 155 Å². The topological polar surface area (TPSA) is 66.9 Å². The first-order valence-electron chi connectivity index (χ1n) is 9.15. The number of nitrogens with zero attached hydrogens (tertiary/aromatic N) is 1. The van der Waals surface area contributed by atoms with Crippen LogP contribution < -0.4 is 0 Å². The van der Waals surface area contributed by atoms with Gasteiger partial charge in [-0.05, 0) is 38.3 Å². The van der Waals surface area contributed by atoms with Gasteiger partial charge in [0.1, 0.15) is 0 Å². The molecule has 0 bridgehead atoms. The normalized spacial score (nSPS) is 23.2. The van der Waals surface area contributed by atoms with Crippen LogP contribution in [0.2, 0.25) is 0 Å². The molecule has 0 amide bonds. The number of carbonyl (C=O) groups is 1. The molecule has 6 heteroatoms. The summed E-state index contributed by atoms with van der Waals surface area (Å²) in [5.41, 5.74) is 0.912. The first-order chi connectivity index (χ1) is 12.7. The van der Waals surface area contributed by atoms with Crippen LogP contribution in [0.1, 0.15) is 38.3 Å². The summed E-state index contributed by atoms with van der Waals surface area (Å²) in [5, 5.41) is 0. The lowest BCUT2D eigenvalue weighted by Crippen LogP contribution is -2.41. The molecule has 2 rings (SSSR count). The number of allylic oxidation sites excluding steroid dienone is 2. The van der Waals surface area contributed by atoms with Gasteiger partial charge in [-0.3, -0.25) is 9.78 Å². The quantitative estimate of drug-likeness (QED) is 0.361. The minimum absolute atomic E-state index is 0.00202. The zero-order chi connectivity index (χ0) is 18.6. The van der Waals surface area contributed by atoms with E-state index < -0.39 is 0 Å². The van der Waals surface area contributed by atoms with E-state index in [1.165, 1.54) is 7.11 Å². The molecule has 1 fully saturated rings. The van der Waals surface area contributed by atoms with Crippen molar-refractivity contribution < 1.29 is 23.7 Å². The van der Waals surface area contributed by atoms with Crippen LogP contribution >= 0.6 is 0 Å². The predicted molar refractivity (Wildman–Crippen MR) is 97.3 cm³/mol. The number of aromatic nitrogens is 1. The fraction of sp³-hybridized carbons (Fsp3) is 0.600. The predicted octanol–water partition coefficient (Wildman–Crippen LogP) is 3.27. The summed E-state index contributed by atoms with van der Waals surface area (Å²) in [5.74, 6) is 0.0957. The summed E-state index contributed by atoms with van der Waals surface area (Å²) >= 11 is 0. The molecule has 144 valence electrons. The Morgan fingerprint density at radius 1 is 1.38 bits per heavy atom. The van der Waals surface area contributed by atoms with Crippen LogP contribution in [0.25, 0.3) is 0 Å². The van der Waals surface area contributed by atoms with E-state index in [4.69, 9.17) is 14.2 Å². The summed E-state index contributed by atoms with van der Waals surface area (Å²) in [6.45, 7) is 3.56. The average molecular weight is 363 g/mol. The largest absolute Gasteiger partial charge is 0.469 e. The van der Waals surface area contributed by atoms with Crippen LogP contribution in [0.5, 0.6) is 0 Å². The van der Waals surface area contributed by atoms with E-state index in [-0.39, 0.29) is 24.3 Å². The van der Waals surface area contributed by atoms with Crippen molar-refractivity contribution in [2.24, 2.45) is 5.92 Å². The Balaban J connectivity index is 1.71. The molecule has 0 unspecified atom stereocenters. The number of carbonyl (C=O) groups excluding carboxylic acids is 1. The molecule has 2 heterocycles. The van der Waals surface area contributed by atoms with Gasteiger partial charge in [-0.1, -0.05) is 18.2 Å². The molecule has 0 spiro atoms. The zero-order valence-electron chi connectivity index (χ0n) is 15.6. The lowest BCUT2D eigenvalue weighted by molar-refractivity contribution is -0.238. The molecule has 0 aromatic carbocycles. The summed E-state index contributed by atoms with van der Waals surface area (Å²) in [4.78, 5) is 15.3. The lowest BCUT2D eigenvalue weighted by Gasteiger charge is -2.34. The molecule has 1 saturated heterocycles. The van der Waals surface area contributed by atoms with Gasteiger partial charge in [-0.2, -0.15) is 0 Å². The molecule has 3 atom stereocenters. The van der Waals surface area contributed by atoms with Gasteiger partial charge in [-0.25, -0.2) is 0 Å². The smallest absolute Gasteiger partial charge is 0.305 e. The highest BCUT2D eigenvalue weighted by Gasteiger charge is 2.29. The van der Waals surface area contributed by atoms with Crippen molar-refractivity contribution in [3.8, 4) is 0 Å². The summed E-state index contributed by atoms with van der Waals surface area (Å²) in [6, 6.07) is 5.79. The highest BCUT2D eigenvalue weighted by atomic mass is 16.7. The van der Waals surface area contributed by atoms with Crippen LogP contribution in [0.4, 0.5) is 0 Å². The van der Waals surface area contributed by atoms with Gasteiger partial charge in [0.05, 0.1) is 38.7 Å². The van der Waals surface area contributed by atoms with E-state index in [2.05, 4.69) is 21.9 Å². The maximum absolute atomic E-state index is 11.1. The Hall–Kier alpha value is -1.76. The Morgan fingerprint density at radius 2 is 2.27 bits per heavy atom. The van der Waals surface area contributed by atoms with Crippen molar-refractivity contribution in [1.82, 2.24) is 4.98 Å². The number of esters is 1. The van der Waals surface area contributed by atoms with Crippen LogP contribution in [-0.2, 0) is 30.3 Å². The number of hydrogen-bond acceptors (Lipinski definition) is 6. The summed E-state index contributed by atoms with van der Waals surface area (Å²) in [6.07, 6.45) is 8.78. The highest BCUT2D eigenvalue weighted by molar-refractivity contribution is 5.69. The molecule has 1 aliphatic heterocycles. The molecule has 0 aliphatic carbocycles. The third kappa shape index (κ3) is 7.64. The standard InChI is InChI=1S/C20H29NO5/c1-16-25-13-17(9-5-3-4-6-11-20(22)23-2)19(26-16)15-24-14-18-10-7-8-12-21-18/h3,5,7-8,10,12,16-17,19H,4,6,9,11,13-15H2,1-2H3/t16-,17+,19+/m1/s1. The van der Waals surface area contributed by atoms with E-state index >= 15 is 0 Å². The maximum atomic E-state index is 11.1.